The number of fused-ring (bicyclic) bond motifs is 1. The van der Waals surface area contributed by atoms with Crippen molar-refractivity contribution < 1.29 is 24.2 Å². The number of nitrogens with one attached hydrogen (secondary N) is 1. The molecule has 0 spiro atoms. The van der Waals surface area contributed by atoms with Gasteiger partial charge in [-0.2, -0.15) is 5.10 Å². The molecule has 5 rings (SSSR count). The Hall–Kier alpha value is -4.44. The van der Waals surface area contributed by atoms with Crippen LogP contribution in [0.4, 0.5) is 0 Å². The number of halogens is 1. The highest BCUT2D eigenvalue weighted by atomic mass is 79.9. The van der Waals surface area contributed by atoms with Gasteiger partial charge >= 0.3 is 5.97 Å². The fourth-order valence-electron chi connectivity index (χ4n) is 4.98. The lowest BCUT2D eigenvalue weighted by molar-refractivity contribution is -0.141. The summed E-state index contributed by atoms with van der Waals surface area (Å²) in [5, 5.41) is 16.0. The first-order valence-corrected chi connectivity index (χ1v) is 13.3. The first kappa shape index (κ1) is 27.1. The number of methoxy groups -OCH3 is 2. The number of hydrazone groups is 1. The third-order valence-electron chi connectivity index (χ3n) is 6.84. The van der Waals surface area contributed by atoms with Crippen LogP contribution in [-0.4, -0.2) is 46.9 Å². The number of carbonyl (C=O) groups is 2. The maximum atomic E-state index is 13.7. The largest absolute Gasteiger partial charge is 0.493 e. The van der Waals surface area contributed by atoms with Crippen molar-refractivity contribution in [1.82, 2.24) is 9.99 Å². The Bertz CT molecular complexity index is 1700. The predicted molar refractivity (Wildman–Crippen MR) is 155 cm³/mol. The summed E-state index contributed by atoms with van der Waals surface area (Å²) in [6.07, 6.45) is -0.335. The summed E-state index contributed by atoms with van der Waals surface area (Å²) in [7, 11) is 3.05. The van der Waals surface area contributed by atoms with Crippen LogP contribution in [0.25, 0.3) is 22.0 Å². The molecular formula is C30H26BrN3O6. The molecule has 1 aliphatic rings. The molecule has 3 aromatic carbocycles. The van der Waals surface area contributed by atoms with Crippen LogP contribution < -0.4 is 15.0 Å². The van der Waals surface area contributed by atoms with E-state index in [4.69, 9.17) is 9.47 Å². The summed E-state index contributed by atoms with van der Waals surface area (Å²) in [6, 6.07) is 19.9. The van der Waals surface area contributed by atoms with Crippen LogP contribution in [0.3, 0.4) is 0 Å². The zero-order chi connectivity index (χ0) is 28.4. The number of carboxylic acid groups (broad SMARTS) is 1. The fourth-order valence-corrected chi connectivity index (χ4v) is 5.35. The topological polar surface area (TPSA) is 121 Å². The quantitative estimate of drug-likeness (QED) is 0.273. The molecule has 0 fully saturated rings. The zero-order valence-corrected chi connectivity index (χ0v) is 23.4. The highest BCUT2D eigenvalue weighted by Gasteiger charge is 2.36. The lowest BCUT2D eigenvalue weighted by Crippen LogP contribution is -2.27. The number of carboxylic acids is 1. The summed E-state index contributed by atoms with van der Waals surface area (Å²) in [5.74, 6) is -0.539. The van der Waals surface area contributed by atoms with Crippen LogP contribution in [0.1, 0.15) is 36.4 Å². The number of pyridine rings is 1. The van der Waals surface area contributed by atoms with Crippen molar-refractivity contribution >= 4 is 44.4 Å². The zero-order valence-electron chi connectivity index (χ0n) is 21.8. The van der Waals surface area contributed by atoms with E-state index in [1.54, 1.807) is 12.1 Å². The maximum Gasteiger partial charge on any atom is 0.303 e. The van der Waals surface area contributed by atoms with E-state index in [0.717, 1.165) is 15.4 Å². The van der Waals surface area contributed by atoms with E-state index in [-0.39, 0.29) is 24.8 Å². The Balaban J connectivity index is 1.69. The highest BCUT2D eigenvalue weighted by Crippen LogP contribution is 2.40. The molecule has 1 amide bonds. The summed E-state index contributed by atoms with van der Waals surface area (Å²) in [6.45, 7) is 0. The molecule has 204 valence electrons. The molecule has 0 saturated carbocycles. The third kappa shape index (κ3) is 5.22. The van der Waals surface area contributed by atoms with E-state index < -0.39 is 17.9 Å². The number of hydrogen-bond acceptors (Lipinski definition) is 6. The molecule has 1 atom stereocenters. The number of aromatic nitrogens is 1. The molecule has 0 saturated heterocycles. The number of amides is 1. The average molecular weight is 604 g/mol. The molecule has 9 nitrogen and oxygen atoms in total. The SMILES string of the molecule is COc1ccc([C@H]2CC(c3c(-c4ccccc4)c4cc(Br)ccc4[nH]c3=O)=NN2C(=O)CCC(=O)O)cc1OC. The van der Waals surface area contributed by atoms with E-state index in [2.05, 4.69) is 26.0 Å². The van der Waals surface area contributed by atoms with Gasteiger partial charge in [-0.25, -0.2) is 5.01 Å². The Morgan fingerprint density at radius 1 is 1.00 bits per heavy atom. The van der Waals surface area contributed by atoms with Crippen molar-refractivity contribution in [2.45, 2.75) is 25.3 Å². The van der Waals surface area contributed by atoms with Gasteiger partial charge in [-0.05, 0) is 41.5 Å². The summed E-state index contributed by atoms with van der Waals surface area (Å²) < 4.78 is 11.7. The van der Waals surface area contributed by atoms with Gasteiger partial charge in [0.05, 0.1) is 38.0 Å². The third-order valence-corrected chi connectivity index (χ3v) is 7.33. The van der Waals surface area contributed by atoms with Crippen molar-refractivity contribution in [2.75, 3.05) is 14.2 Å². The fraction of sp³-hybridized carbons (Fsp3) is 0.200. The minimum absolute atomic E-state index is 0.233. The van der Waals surface area contributed by atoms with E-state index in [9.17, 15) is 19.5 Å². The van der Waals surface area contributed by atoms with Crippen LogP contribution in [0.15, 0.2) is 81.1 Å². The molecule has 4 aromatic rings. The lowest BCUT2D eigenvalue weighted by Gasteiger charge is -2.22. The summed E-state index contributed by atoms with van der Waals surface area (Å²) in [5.41, 5.74) is 3.35. The number of aliphatic carboxylic acids is 1. The molecule has 10 heteroatoms. The van der Waals surface area contributed by atoms with Crippen LogP contribution in [-0.2, 0) is 9.59 Å². The van der Waals surface area contributed by atoms with Crippen LogP contribution in [0.5, 0.6) is 11.5 Å². The highest BCUT2D eigenvalue weighted by molar-refractivity contribution is 9.10. The van der Waals surface area contributed by atoms with E-state index >= 15 is 0 Å². The Morgan fingerprint density at radius 2 is 1.75 bits per heavy atom. The number of carbonyl (C=O) groups excluding carboxylic acids is 1. The maximum absolute atomic E-state index is 13.7. The molecule has 1 aromatic heterocycles. The Kier molecular flexibility index (Phi) is 7.70. The molecule has 1 aliphatic heterocycles. The second-order valence-electron chi connectivity index (χ2n) is 9.27. The minimum atomic E-state index is -1.08. The number of ether oxygens (including phenoxy) is 2. The van der Waals surface area contributed by atoms with E-state index in [1.165, 1.54) is 19.2 Å². The second kappa shape index (κ2) is 11.4. The predicted octanol–water partition coefficient (Wildman–Crippen LogP) is 5.52. The number of hydrogen-bond donors (Lipinski definition) is 2. The van der Waals surface area contributed by atoms with Crippen molar-refractivity contribution in [3.63, 3.8) is 0 Å². The van der Waals surface area contributed by atoms with Gasteiger partial charge in [-0.1, -0.05) is 52.3 Å². The number of H-pyrrole nitrogens is 1. The normalized spacial score (nSPS) is 14.7. The average Bonchev–Trinajstić information content (AvgIpc) is 3.40. The van der Waals surface area contributed by atoms with Crippen LogP contribution >= 0.6 is 15.9 Å². The Labute approximate surface area is 238 Å². The van der Waals surface area contributed by atoms with E-state index in [1.807, 2.05) is 54.6 Å². The molecule has 2 N–H and O–H groups in total. The molecule has 40 heavy (non-hydrogen) atoms. The van der Waals surface area contributed by atoms with Crippen molar-refractivity contribution in [1.29, 1.82) is 0 Å². The van der Waals surface area contributed by atoms with Gasteiger partial charge < -0.3 is 19.6 Å². The Morgan fingerprint density at radius 3 is 2.45 bits per heavy atom. The van der Waals surface area contributed by atoms with Gasteiger partial charge in [0.1, 0.15) is 0 Å². The summed E-state index contributed by atoms with van der Waals surface area (Å²) >= 11 is 3.54. The van der Waals surface area contributed by atoms with Crippen LogP contribution in [0.2, 0.25) is 0 Å². The standard InChI is InChI=1S/C30H26BrN3O6/c1-39-24-11-8-18(14-25(24)40-2)23-16-22(33-34(23)26(35)12-13-27(36)37)29-28(17-6-4-3-5-7-17)20-15-19(31)9-10-21(20)32-30(29)38/h3-11,14-15,23H,12-13,16H2,1-2H3,(H,32,38)(H,36,37)/t23-/m1/s1. The van der Waals surface area contributed by atoms with Gasteiger partial charge in [0.2, 0.25) is 5.91 Å². The first-order valence-electron chi connectivity index (χ1n) is 12.5. The molecule has 0 unspecified atom stereocenters. The lowest BCUT2D eigenvalue weighted by atomic mass is 9.91. The molecule has 0 radical (unpaired) electrons. The van der Waals surface area contributed by atoms with Crippen LogP contribution in [0, 0.1) is 0 Å². The first-order chi connectivity index (χ1) is 19.3. The number of nitrogens with zero attached hydrogens (tertiary/aromatic N) is 2. The number of rotatable bonds is 8. The van der Waals surface area contributed by atoms with Crippen molar-refractivity contribution in [2.24, 2.45) is 5.10 Å². The van der Waals surface area contributed by atoms with E-state index in [0.29, 0.717) is 39.4 Å². The smallest absolute Gasteiger partial charge is 0.303 e. The van der Waals surface area contributed by atoms with Gasteiger partial charge in [0.15, 0.2) is 11.5 Å². The summed E-state index contributed by atoms with van der Waals surface area (Å²) in [4.78, 5) is 41.1. The van der Waals surface area contributed by atoms with Gasteiger partial charge in [0, 0.05) is 33.8 Å². The van der Waals surface area contributed by atoms with Crippen molar-refractivity contribution in [3.05, 3.63) is 92.7 Å². The van der Waals surface area contributed by atoms with Gasteiger partial charge in [-0.15, -0.1) is 0 Å². The number of benzene rings is 3. The van der Waals surface area contributed by atoms with Crippen molar-refractivity contribution in [3.8, 4) is 22.6 Å². The minimum Gasteiger partial charge on any atom is -0.493 e. The molecule has 0 bridgehead atoms. The second-order valence-corrected chi connectivity index (χ2v) is 10.2. The van der Waals surface area contributed by atoms with Gasteiger partial charge in [0.25, 0.3) is 5.56 Å². The molecule has 2 heterocycles. The molecule has 0 aliphatic carbocycles. The number of aromatic amines is 1. The van der Waals surface area contributed by atoms with Gasteiger partial charge in [-0.3, -0.25) is 14.4 Å². The monoisotopic (exact) mass is 603 g/mol. The molecular weight excluding hydrogens is 578 g/mol.